The van der Waals surface area contributed by atoms with Gasteiger partial charge in [0.2, 0.25) is 17.7 Å². The second-order valence-electron chi connectivity index (χ2n) is 9.40. The Morgan fingerprint density at radius 1 is 1.14 bits per heavy atom. The summed E-state index contributed by atoms with van der Waals surface area (Å²) in [7, 11) is 1.17. The second-order valence-corrected chi connectivity index (χ2v) is 11.7. The highest BCUT2D eigenvalue weighted by Gasteiger charge is 2.41. The summed E-state index contributed by atoms with van der Waals surface area (Å²) < 4.78 is 9.82. The molecule has 3 rings (SSSR count). The van der Waals surface area contributed by atoms with E-state index >= 15 is 0 Å². The zero-order valence-corrected chi connectivity index (χ0v) is 23.1. The van der Waals surface area contributed by atoms with Crippen LogP contribution in [0.5, 0.6) is 0 Å². The summed E-state index contributed by atoms with van der Waals surface area (Å²) in [5.74, 6) is 1.06. The molecule has 0 aliphatic carbocycles. The first-order valence-electron chi connectivity index (χ1n) is 11.8. The van der Waals surface area contributed by atoms with Crippen molar-refractivity contribution in [3.05, 3.63) is 0 Å². The van der Waals surface area contributed by atoms with Gasteiger partial charge >= 0.3 is 12.1 Å². The van der Waals surface area contributed by atoms with Crippen LogP contribution < -0.4 is 10.6 Å². The van der Waals surface area contributed by atoms with Crippen LogP contribution in [0.25, 0.3) is 0 Å². The number of amides is 4. The zero-order valence-electron chi connectivity index (χ0n) is 21.4. The van der Waals surface area contributed by atoms with Crippen molar-refractivity contribution in [2.75, 3.05) is 56.4 Å². The number of nitrogens with one attached hydrogen (secondary N) is 2. The van der Waals surface area contributed by atoms with Crippen LogP contribution >= 0.6 is 23.5 Å². The lowest BCUT2D eigenvalue weighted by molar-refractivity contribution is -0.149. The Hall–Kier alpha value is -2.23. The summed E-state index contributed by atoms with van der Waals surface area (Å²) in [5.41, 5.74) is -0.664. The maximum absolute atomic E-state index is 12.4. The molecule has 0 saturated carbocycles. The molecule has 2 unspecified atom stereocenters. The van der Waals surface area contributed by atoms with Gasteiger partial charge in [0.15, 0.2) is 6.04 Å². The molecule has 0 spiro atoms. The number of hydrogen-bond acceptors (Lipinski definition) is 11. The van der Waals surface area contributed by atoms with Gasteiger partial charge in [0.25, 0.3) is 0 Å². The number of fused-ring (bicyclic) bond motifs is 1. The number of aliphatic hydroxyl groups excluding tert-OH is 2. The summed E-state index contributed by atoms with van der Waals surface area (Å²) in [4.78, 5) is 62.2. The first-order valence-corrected chi connectivity index (χ1v) is 14.1. The normalized spacial score (nSPS) is 24.5. The molecule has 15 heteroatoms. The third kappa shape index (κ3) is 8.65. The molecule has 3 saturated heterocycles. The van der Waals surface area contributed by atoms with Gasteiger partial charge in [0, 0.05) is 36.1 Å². The lowest BCUT2D eigenvalue weighted by Gasteiger charge is -2.40. The highest BCUT2D eigenvalue weighted by atomic mass is 32.2. The molecule has 0 bridgehead atoms. The van der Waals surface area contributed by atoms with Crippen LogP contribution in [0, 0.1) is 0 Å². The molecule has 3 aliphatic rings. The number of methoxy groups -OCH3 is 1. The fourth-order valence-electron chi connectivity index (χ4n) is 3.69. The highest BCUT2D eigenvalue weighted by Crippen LogP contribution is 2.21. The standard InChI is InChI=1S/C14H24N2O6S.C8H12N2O3S/c1-14(2,3)22-13(20)16-5-6-23-8-10(16)11(18)15-9(7-17)12(19)21-4;11-3-5-8(13)10-1-2-14-4-6(10)7(12)9-5/h9-10,17H,5-8H2,1-4H3,(H,15,18);5-6,11H,1-4H2,(H,9,12)/t9-,10?;5-,6?/m11/s1. The molecule has 0 aromatic rings. The van der Waals surface area contributed by atoms with Crippen molar-refractivity contribution in [2.24, 2.45) is 0 Å². The summed E-state index contributed by atoms with van der Waals surface area (Å²) in [6.07, 6.45) is -0.573. The van der Waals surface area contributed by atoms with Gasteiger partial charge in [0.05, 0.1) is 20.3 Å². The fraction of sp³-hybridized carbons (Fsp3) is 0.773. The largest absolute Gasteiger partial charge is 0.467 e. The van der Waals surface area contributed by atoms with Gasteiger partial charge in [-0.2, -0.15) is 23.5 Å². The molecular weight excluding hydrogens is 528 g/mol. The monoisotopic (exact) mass is 564 g/mol. The number of carbonyl (C=O) groups excluding carboxylic acids is 5. The van der Waals surface area contributed by atoms with Gasteiger partial charge in [-0.15, -0.1) is 0 Å². The molecule has 4 amide bonds. The van der Waals surface area contributed by atoms with Crippen molar-refractivity contribution >= 4 is 53.3 Å². The van der Waals surface area contributed by atoms with Gasteiger partial charge in [-0.05, 0) is 20.8 Å². The molecule has 210 valence electrons. The van der Waals surface area contributed by atoms with E-state index in [-0.39, 0.29) is 24.5 Å². The van der Waals surface area contributed by atoms with Crippen LogP contribution in [0.1, 0.15) is 20.8 Å². The molecule has 3 fully saturated rings. The Morgan fingerprint density at radius 2 is 1.78 bits per heavy atom. The van der Waals surface area contributed by atoms with Gasteiger partial charge in [-0.1, -0.05) is 0 Å². The molecule has 0 aromatic carbocycles. The van der Waals surface area contributed by atoms with E-state index in [1.165, 1.54) is 23.8 Å². The summed E-state index contributed by atoms with van der Waals surface area (Å²) >= 11 is 3.21. The van der Waals surface area contributed by atoms with Gasteiger partial charge in [-0.3, -0.25) is 19.3 Å². The number of ether oxygens (including phenoxy) is 2. The van der Waals surface area contributed by atoms with Crippen LogP contribution in [0.2, 0.25) is 0 Å². The molecule has 13 nitrogen and oxygen atoms in total. The number of esters is 1. The SMILES string of the molecule is COC(=O)[C@@H](CO)NC(=O)C1CSCCN1C(=O)OC(C)(C)C.O=C1N[C@H](CO)C(=O)N2CCSCC12. The Kier molecular flexibility index (Phi) is 11.8. The summed E-state index contributed by atoms with van der Waals surface area (Å²) in [6.45, 7) is 5.33. The lowest BCUT2D eigenvalue weighted by atomic mass is 10.1. The van der Waals surface area contributed by atoms with Crippen molar-refractivity contribution in [2.45, 2.75) is 50.5 Å². The summed E-state index contributed by atoms with van der Waals surface area (Å²) in [5, 5.41) is 23.0. The van der Waals surface area contributed by atoms with Crippen LogP contribution in [-0.4, -0.2) is 136 Å². The minimum Gasteiger partial charge on any atom is -0.467 e. The molecular formula is C22H36N4O9S2. The first kappa shape index (κ1) is 31.0. The van der Waals surface area contributed by atoms with Gasteiger partial charge in [-0.25, -0.2) is 9.59 Å². The first-order chi connectivity index (χ1) is 17.4. The number of nitrogens with zero attached hydrogens (tertiary/aromatic N) is 2. The molecule has 4 atom stereocenters. The molecule has 0 radical (unpaired) electrons. The van der Waals surface area contributed by atoms with Gasteiger partial charge in [0.1, 0.15) is 23.7 Å². The van der Waals surface area contributed by atoms with E-state index < -0.39 is 48.3 Å². The van der Waals surface area contributed by atoms with E-state index in [9.17, 15) is 29.1 Å². The van der Waals surface area contributed by atoms with Crippen molar-refractivity contribution < 1.29 is 43.7 Å². The zero-order chi connectivity index (χ0) is 27.8. The average Bonchev–Trinajstić information content (AvgIpc) is 2.88. The van der Waals surface area contributed by atoms with Gasteiger partial charge < -0.3 is 35.2 Å². The Bertz CT molecular complexity index is 854. The fourth-order valence-corrected chi connectivity index (χ4v) is 5.78. The molecule has 37 heavy (non-hydrogen) atoms. The number of piperazine rings is 1. The third-order valence-electron chi connectivity index (χ3n) is 5.56. The number of carbonyl (C=O) groups is 5. The predicted molar refractivity (Wildman–Crippen MR) is 137 cm³/mol. The topological polar surface area (TPSA) is 175 Å². The number of rotatable bonds is 5. The molecule has 0 aromatic heterocycles. The van der Waals surface area contributed by atoms with Crippen LogP contribution in [-0.2, 0) is 28.7 Å². The van der Waals surface area contributed by atoms with Crippen LogP contribution in [0.15, 0.2) is 0 Å². The Balaban J connectivity index is 0.000000291. The van der Waals surface area contributed by atoms with E-state index in [2.05, 4.69) is 15.4 Å². The number of aliphatic hydroxyl groups is 2. The lowest BCUT2D eigenvalue weighted by Crippen LogP contribution is -2.66. The van der Waals surface area contributed by atoms with Crippen LogP contribution in [0.3, 0.4) is 0 Å². The number of hydrogen-bond donors (Lipinski definition) is 4. The molecule has 3 heterocycles. The maximum atomic E-state index is 12.4. The van der Waals surface area contributed by atoms with E-state index in [1.54, 1.807) is 37.4 Å². The van der Waals surface area contributed by atoms with Crippen molar-refractivity contribution in [3.8, 4) is 0 Å². The van der Waals surface area contributed by atoms with E-state index in [1.807, 2.05) is 0 Å². The predicted octanol–water partition coefficient (Wildman–Crippen LogP) is -1.59. The van der Waals surface area contributed by atoms with Crippen molar-refractivity contribution in [3.63, 3.8) is 0 Å². The van der Waals surface area contributed by atoms with Crippen LogP contribution in [0.4, 0.5) is 4.79 Å². The van der Waals surface area contributed by atoms with E-state index in [4.69, 9.17) is 9.84 Å². The van der Waals surface area contributed by atoms with Crippen molar-refractivity contribution in [1.82, 2.24) is 20.4 Å². The maximum Gasteiger partial charge on any atom is 0.411 e. The third-order valence-corrected chi connectivity index (χ3v) is 7.60. The highest BCUT2D eigenvalue weighted by molar-refractivity contribution is 7.99. The minimum absolute atomic E-state index is 0.143. The number of thioether (sulfide) groups is 2. The van der Waals surface area contributed by atoms with Crippen molar-refractivity contribution in [1.29, 1.82) is 0 Å². The molecule has 4 N–H and O–H groups in total. The Labute approximate surface area is 224 Å². The Morgan fingerprint density at radius 3 is 2.38 bits per heavy atom. The quantitative estimate of drug-likeness (QED) is 0.283. The van der Waals surface area contributed by atoms with E-state index in [0.717, 1.165) is 5.75 Å². The van der Waals surface area contributed by atoms with E-state index in [0.29, 0.717) is 30.3 Å². The smallest absolute Gasteiger partial charge is 0.411 e. The summed E-state index contributed by atoms with van der Waals surface area (Å²) in [6, 6.07) is -2.98. The molecule has 3 aliphatic heterocycles. The minimum atomic E-state index is -1.15. The average molecular weight is 565 g/mol. The second kappa shape index (κ2) is 14.1.